The highest BCUT2D eigenvalue weighted by Crippen LogP contribution is 2.36. The van der Waals surface area contributed by atoms with E-state index < -0.39 is 22.2 Å². The second-order valence-electron chi connectivity index (χ2n) is 7.95. The lowest BCUT2D eigenvalue weighted by atomic mass is 10.0. The number of nitrogens with zero attached hydrogens (tertiary/aromatic N) is 2. The number of ether oxygens (including phenoxy) is 2. The van der Waals surface area contributed by atoms with Gasteiger partial charge in [-0.05, 0) is 35.9 Å². The Balaban J connectivity index is 1.92. The normalized spacial score (nSPS) is 17.0. The number of benzene rings is 1. The van der Waals surface area contributed by atoms with Gasteiger partial charge in [-0.3, -0.25) is 9.59 Å². The van der Waals surface area contributed by atoms with Crippen molar-refractivity contribution in [2.24, 2.45) is 5.92 Å². The van der Waals surface area contributed by atoms with E-state index >= 15 is 0 Å². The number of thiophene rings is 1. The Morgan fingerprint density at radius 3 is 2.53 bits per heavy atom. The lowest BCUT2D eigenvalue weighted by Crippen LogP contribution is -2.38. The maximum atomic E-state index is 13.4. The molecule has 1 amide bonds. The van der Waals surface area contributed by atoms with Gasteiger partial charge in [-0.25, -0.2) is 4.31 Å². The molecule has 174 valence electrons. The molecule has 1 fully saturated rings. The number of hydrogen-bond acceptors (Lipinski definition) is 7. The van der Waals surface area contributed by atoms with Crippen LogP contribution in [0.15, 0.2) is 35.7 Å². The van der Waals surface area contributed by atoms with Gasteiger partial charge in [0.2, 0.25) is 0 Å². The summed E-state index contributed by atoms with van der Waals surface area (Å²) in [6.45, 7) is 3.44. The van der Waals surface area contributed by atoms with Crippen LogP contribution in [-0.2, 0) is 26.3 Å². The zero-order valence-electron chi connectivity index (χ0n) is 18.6. The fourth-order valence-electron chi connectivity index (χ4n) is 3.56. The van der Waals surface area contributed by atoms with E-state index in [4.69, 9.17) is 9.47 Å². The minimum atomic E-state index is -4.21. The molecule has 0 unspecified atom stereocenters. The first-order chi connectivity index (χ1) is 15.2. The molecule has 3 rings (SSSR count). The molecule has 0 spiro atoms. The largest absolute Gasteiger partial charge is 0.497 e. The third-order valence-corrected chi connectivity index (χ3v) is 8.07. The molecule has 0 aliphatic carbocycles. The van der Waals surface area contributed by atoms with Crippen LogP contribution in [0.25, 0.3) is 0 Å². The fourth-order valence-corrected chi connectivity index (χ4v) is 6.12. The van der Waals surface area contributed by atoms with Crippen LogP contribution in [0.5, 0.6) is 11.5 Å². The van der Waals surface area contributed by atoms with Crippen molar-refractivity contribution in [1.82, 2.24) is 8.61 Å². The molecule has 0 bridgehead atoms. The maximum absolute atomic E-state index is 13.4. The van der Waals surface area contributed by atoms with Gasteiger partial charge in [0.15, 0.2) is 5.78 Å². The van der Waals surface area contributed by atoms with Crippen LogP contribution >= 0.6 is 11.3 Å². The summed E-state index contributed by atoms with van der Waals surface area (Å²) < 4.78 is 39.2. The van der Waals surface area contributed by atoms with Gasteiger partial charge in [-0.1, -0.05) is 19.9 Å². The van der Waals surface area contributed by atoms with Crippen molar-refractivity contribution in [3.8, 4) is 11.5 Å². The molecule has 1 aliphatic heterocycles. The molecule has 1 saturated heterocycles. The van der Waals surface area contributed by atoms with Crippen molar-refractivity contribution in [2.75, 3.05) is 20.8 Å². The van der Waals surface area contributed by atoms with E-state index in [1.165, 1.54) is 25.6 Å². The summed E-state index contributed by atoms with van der Waals surface area (Å²) in [6.07, 6.45) is 0.891. The number of carbonyl (C=O) groups excluding carboxylic acids is 2. The van der Waals surface area contributed by atoms with Crippen LogP contribution in [0.2, 0.25) is 0 Å². The molecule has 8 nitrogen and oxygen atoms in total. The Kier molecular flexibility index (Phi) is 7.58. The number of methoxy groups -OCH3 is 2. The van der Waals surface area contributed by atoms with Crippen molar-refractivity contribution in [2.45, 2.75) is 39.3 Å². The van der Waals surface area contributed by atoms with Crippen molar-refractivity contribution in [3.05, 3.63) is 46.2 Å². The molecule has 1 aromatic carbocycles. The number of ketones is 1. The number of carbonyl (C=O) groups is 2. The minimum Gasteiger partial charge on any atom is -0.497 e. The fraction of sp³-hybridized carbons (Fsp3) is 0.455. The van der Waals surface area contributed by atoms with Crippen molar-refractivity contribution >= 4 is 33.2 Å². The van der Waals surface area contributed by atoms with Gasteiger partial charge in [0, 0.05) is 22.9 Å². The zero-order chi connectivity index (χ0) is 23.5. The molecular weight excluding hydrogens is 452 g/mol. The zero-order valence-corrected chi connectivity index (χ0v) is 20.2. The highest BCUT2D eigenvalue weighted by atomic mass is 32.2. The van der Waals surface area contributed by atoms with Crippen LogP contribution in [-0.4, -0.2) is 49.5 Å². The van der Waals surface area contributed by atoms with E-state index in [-0.39, 0.29) is 25.3 Å². The summed E-state index contributed by atoms with van der Waals surface area (Å²) in [7, 11) is -1.23. The van der Waals surface area contributed by atoms with E-state index in [0.717, 1.165) is 8.61 Å². The van der Waals surface area contributed by atoms with Crippen molar-refractivity contribution < 1.29 is 27.5 Å². The highest BCUT2D eigenvalue weighted by Gasteiger charge is 2.48. The molecule has 0 N–H and O–H groups in total. The molecule has 1 atom stereocenters. The summed E-state index contributed by atoms with van der Waals surface area (Å²) in [6, 6.07) is 7.46. The first kappa shape index (κ1) is 24.2. The summed E-state index contributed by atoms with van der Waals surface area (Å²) in [5.74, 6) is 0.478. The van der Waals surface area contributed by atoms with Crippen LogP contribution in [0.4, 0.5) is 0 Å². The Hall–Kier alpha value is -2.43. The van der Waals surface area contributed by atoms with E-state index in [0.29, 0.717) is 34.3 Å². The van der Waals surface area contributed by atoms with Gasteiger partial charge < -0.3 is 9.47 Å². The van der Waals surface area contributed by atoms with Gasteiger partial charge >= 0.3 is 10.2 Å². The molecular formula is C22H28N2O6S2. The Morgan fingerprint density at radius 2 is 1.94 bits per heavy atom. The smallest absolute Gasteiger partial charge is 0.308 e. The molecule has 2 aromatic rings. The molecule has 1 aromatic heterocycles. The Morgan fingerprint density at radius 1 is 1.19 bits per heavy atom. The average molecular weight is 481 g/mol. The standard InChI is InChI=1S/C22H28N2O6S2/c1-15(2)7-10-18(25)22(20-6-5-11-31-20)24-14-21(26)23(32(24,27)28)13-16-8-9-17(29-3)12-19(16)30-4/h5-6,8-9,11-12,15,22H,7,10,13-14H2,1-4H3/t22-/m0/s1. The number of amides is 1. The van der Waals surface area contributed by atoms with Gasteiger partial charge in [-0.15, -0.1) is 11.3 Å². The van der Waals surface area contributed by atoms with E-state index in [1.54, 1.807) is 35.7 Å². The van der Waals surface area contributed by atoms with E-state index in [1.807, 2.05) is 13.8 Å². The predicted molar refractivity (Wildman–Crippen MR) is 122 cm³/mol. The molecule has 1 aliphatic rings. The quantitative estimate of drug-likeness (QED) is 0.517. The SMILES string of the molecule is COc1ccc(CN2C(=O)CN([C@@H](C(=O)CCC(C)C)c3cccs3)S2(=O)=O)c(OC)c1. The predicted octanol–water partition coefficient (Wildman–Crippen LogP) is 3.40. The van der Waals surface area contributed by atoms with Crippen LogP contribution in [0.3, 0.4) is 0 Å². The summed E-state index contributed by atoms with van der Waals surface area (Å²) in [4.78, 5) is 26.5. The second kappa shape index (κ2) is 10.0. The summed E-state index contributed by atoms with van der Waals surface area (Å²) in [5.41, 5.74) is 0.519. The lowest BCUT2D eigenvalue weighted by Gasteiger charge is -2.25. The number of Topliss-reactive ketones (excluding diaryl/α,β-unsaturated/α-hetero) is 1. The van der Waals surface area contributed by atoms with E-state index in [9.17, 15) is 18.0 Å². The molecule has 32 heavy (non-hydrogen) atoms. The Labute approximate surface area is 192 Å². The third-order valence-electron chi connectivity index (χ3n) is 5.33. The second-order valence-corrected chi connectivity index (χ2v) is 10.7. The van der Waals surface area contributed by atoms with Crippen molar-refractivity contribution in [1.29, 1.82) is 0 Å². The molecule has 10 heteroatoms. The Bertz CT molecular complexity index is 1070. The van der Waals surface area contributed by atoms with Crippen LogP contribution in [0, 0.1) is 5.92 Å². The van der Waals surface area contributed by atoms with E-state index in [2.05, 4.69) is 0 Å². The van der Waals surface area contributed by atoms with Crippen molar-refractivity contribution in [3.63, 3.8) is 0 Å². The monoisotopic (exact) mass is 480 g/mol. The van der Waals surface area contributed by atoms with Gasteiger partial charge in [0.1, 0.15) is 17.5 Å². The molecule has 0 saturated carbocycles. The lowest BCUT2D eigenvalue weighted by molar-refractivity contribution is -0.126. The maximum Gasteiger partial charge on any atom is 0.308 e. The summed E-state index contributed by atoms with van der Waals surface area (Å²) in [5, 5.41) is 1.79. The highest BCUT2D eigenvalue weighted by molar-refractivity contribution is 7.87. The number of rotatable bonds is 10. The van der Waals surface area contributed by atoms with Crippen LogP contribution in [0.1, 0.15) is 43.2 Å². The minimum absolute atomic E-state index is 0.192. The average Bonchev–Trinajstić information content (AvgIpc) is 3.35. The first-order valence-corrected chi connectivity index (χ1v) is 12.6. The third kappa shape index (κ3) is 4.97. The van der Waals surface area contributed by atoms with Gasteiger partial charge in [0.25, 0.3) is 5.91 Å². The topological polar surface area (TPSA) is 93.2 Å². The summed E-state index contributed by atoms with van der Waals surface area (Å²) >= 11 is 1.31. The first-order valence-electron chi connectivity index (χ1n) is 10.3. The van der Waals surface area contributed by atoms with Crippen LogP contribution < -0.4 is 9.47 Å². The molecule has 0 radical (unpaired) electrons. The number of hydrogen-bond donors (Lipinski definition) is 0. The molecule has 2 heterocycles. The van der Waals surface area contributed by atoms with Gasteiger partial charge in [0.05, 0.1) is 27.3 Å². The van der Waals surface area contributed by atoms with Gasteiger partial charge in [-0.2, -0.15) is 12.7 Å².